The van der Waals surface area contributed by atoms with Gasteiger partial charge in [-0.1, -0.05) is 18.2 Å². The number of benzene rings is 3. The van der Waals surface area contributed by atoms with Crippen molar-refractivity contribution in [3.8, 4) is 11.5 Å². The van der Waals surface area contributed by atoms with Crippen molar-refractivity contribution < 1.29 is 44.3 Å². The van der Waals surface area contributed by atoms with Crippen LogP contribution >= 0.6 is 10.3 Å². The number of rotatable bonds is 7. The minimum Gasteiger partial charge on any atom is -0.427 e. The van der Waals surface area contributed by atoms with E-state index in [4.69, 9.17) is 13.1 Å². The second-order valence-electron chi connectivity index (χ2n) is 6.97. The molecule has 0 unspecified atom stereocenters. The summed E-state index contributed by atoms with van der Waals surface area (Å²) in [5.74, 6) is -1.02. The smallest absolute Gasteiger partial charge is 0.427 e. The molecular formula is C23H19F3O7S2. The van der Waals surface area contributed by atoms with Gasteiger partial charge in [-0.05, 0) is 71.0 Å². The maximum absolute atomic E-state index is 13.5. The van der Waals surface area contributed by atoms with Crippen molar-refractivity contribution in [2.75, 3.05) is 0 Å². The highest BCUT2D eigenvalue weighted by Crippen LogP contribution is 2.70. The van der Waals surface area contributed by atoms with Gasteiger partial charge in [0.1, 0.15) is 11.5 Å². The lowest BCUT2D eigenvalue weighted by atomic mass is 10.3. The third-order valence-electron chi connectivity index (χ3n) is 4.38. The summed E-state index contributed by atoms with van der Waals surface area (Å²) in [5.41, 5.74) is -5.70. The van der Waals surface area contributed by atoms with Crippen molar-refractivity contribution in [2.45, 2.75) is 34.0 Å². The predicted octanol–water partition coefficient (Wildman–Crippen LogP) is 5.60. The Morgan fingerprint density at radius 3 is 1.37 bits per heavy atom. The van der Waals surface area contributed by atoms with Gasteiger partial charge in [-0.15, -0.1) is 0 Å². The van der Waals surface area contributed by atoms with Gasteiger partial charge in [0.25, 0.3) is 0 Å². The first-order valence-electron chi connectivity index (χ1n) is 9.83. The Kier molecular flexibility index (Phi) is 7.58. The van der Waals surface area contributed by atoms with Crippen LogP contribution in [0, 0.1) is 0 Å². The van der Waals surface area contributed by atoms with Crippen LogP contribution in [-0.2, 0) is 23.3 Å². The Labute approximate surface area is 201 Å². The number of carbonyl (C=O) groups is 2. The summed E-state index contributed by atoms with van der Waals surface area (Å²) in [4.78, 5) is 22.8. The summed E-state index contributed by atoms with van der Waals surface area (Å²) in [5, 5.41) is 0. The molecule has 12 heteroatoms. The highest BCUT2D eigenvalue weighted by molar-refractivity contribution is 8.33. The van der Waals surface area contributed by atoms with Crippen LogP contribution in [0.15, 0.2) is 93.5 Å². The molecule has 3 aromatic carbocycles. The predicted molar refractivity (Wildman–Crippen MR) is 120 cm³/mol. The Morgan fingerprint density at radius 1 is 0.657 bits per heavy atom. The van der Waals surface area contributed by atoms with E-state index in [1.807, 2.05) is 0 Å². The number of esters is 2. The molecule has 0 bridgehead atoms. The van der Waals surface area contributed by atoms with Crippen molar-refractivity contribution >= 4 is 32.4 Å². The highest BCUT2D eigenvalue weighted by atomic mass is 32.3. The maximum Gasteiger partial charge on any atom is 0.524 e. The average molecular weight is 529 g/mol. The zero-order valence-corrected chi connectivity index (χ0v) is 19.9. The molecular weight excluding hydrogens is 509 g/mol. The molecule has 3 aromatic rings. The van der Waals surface area contributed by atoms with Crippen LogP contribution < -0.4 is 9.47 Å². The largest absolute Gasteiger partial charge is 0.524 e. The molecule has 0 amide bonds. The van der Waals surface area contributed by atoms with Gasteiger partial charge in [0, 0.05) is 28.5 Å². The van der Waals surface area contributed by atoms with Crippen molar-refractivity contribution in [2.24, 2.45) is 0 Å². The molecule has 0 aromatic heterocycles. The molecule has 0 heterocycles. The zero-order valence-electron chi connectivity index (χ0n) is 18.3. The van der Waals surface area contributed by atoms with E-state index in [9.17, 15) is 31.2 Å². The van der Waals surface area contributed by atoms with Crippen molar-refractivity contribution in [3.05, 3.63) is 78.9 Å². The van der Waals surface area contributed by atoms with E-state index in [0.29, 0.717) is 0 Å². The summed E-state index contributed by atoms with van der Waals surface area (Å²) in [7, 11) is -9.64. The van der Waals surface area contributed by atoms with E-state index < -0.39 is 37.9 Å². The fourth-order valence-electron chi connectivity index (χ4n) is 3.04. The number of halogens is 3. The fraction of sp³-hybridized carbons (Fsp3) is 0.130. The van der Waals surface area contributed by atoms with Crippen molar-refractivity contribution in [3.63, 3.8) is 0 Å². The van der Waals surface area contributed by atoms with Crippen LogP contribution in [0.1, 0.15) is 13.8 Å². The molecule has 0 aliphatic heterocycles. The molecule has 0 aliphatic rings. The second kappa shape index (κ2) is 10.1. The minimum atomic E-state index is -6.09. The Morgan fingerprint density at radius 2 is 1.03 bits per heavy atom. The zero-order chi connectivity index (χ0) is 25.9. The first kappa shape index (κ1) is 26.3. The van der Waals surface area contributed by atoms with Gasteiger partial charge in [0.05, 0.1) is 0 Å². The van der Waals surface area contributed by atoms with Gasteiger partial charge in [-0.2, -0.15) is 25.2 Å². The molecule has 7 nitrogen and oxygen atoms in total. The fourth-order valence-corrected chi connectivity index (χ4v) is 7.76. The number of hydrogen-bond donors (Lipinski definition) is 0. The van der Waals surface area contributed by atoms with Gasteiger partial charge in [-0.3, -0.25) is 9.59 Å². The van der Waals surface area contributed by atoms with Crippen LogP contribution in [0.2, 0.25) is 0 Å². The first-order valence-corrected chi connectivity index (χ1v) is 12.8. The molecule has 35 heavy (non-hydrogen) atoms. The summed E-state index contributed by atoms with van der Waals surface area (Å²) < 4.78 is 80.3. The molecule has 0 spiro atoms. The monoisotopic (exact) mass is 528 g/mol. The van der Waals surface area contributed by atoms with E-state index >= 15 is 0 Å². The third-order valence-corrected chi connectivity index (χ3v) is 9.29. The van der Waals surface area contributed by atoms with E-state index in [-0.39, 0.29) is 26.2 Å². The van der Waals surface area contributed by atoms with Crippen molar-refractivity contribution in [1.29, 1.82) is 0 Å². The molecule has 0 radical (unpaired) electrons. The molecule has 3 rings (SSSR count). The van der Waals surface area contributed by atoms with Gasteiger partial charge in [-0.25, -0.2) is 0 Å². The average Bonchev–Trinajstić information content (AvgIpc) is 2.78. The van der Waals surface area contributed by atoms with Crippen LogP contribution in [0.3, 0.4) is 0 Å². The molecule has 0 N–H and O–H groups in total. The van der Waals surface area contributed by atoms with Gasteiger partial charge >= 0.3 is 27.6 Å². The molecule has 0 saturated carbocycles. The Bertz CT molecular complexity index is 1250. The van der Waals surface area contributed by atoms with Crippen molar-refractivity contribution in [1.82, 2.24) is 0 Å². The first-order chi connectivity index (χ1) is 16.3. The van der Waals surface area contributed by atoms with Crippen LogP contribution in [0.5, 0.6) is 11.5 Å². The van der Waals surface area contributed by atoms with Gasteiger partial charge in [0.15, 0.2) is 0 Å². The quantitative estimate of drug-likeness (QED) is 0.224. The molecule has 0 fully saturated rings. The van der Waals surface area contributed by atoms with Crippen LogP contribution in [0.4, 0.5) is 13.2 Å². The SMILES string of the molecule is CC(=O)Oc1ccc(S(OS(=O)(=O)C(F)(F)F)(c2ccccc2)c2ccc(OC(C)=O)cc2)cc1. The summed E-state index contributed by atoms with van der Waals surface area (Å²) >= 11 is 0. The number of carbonyl (C=O) groups excluding carboxylic acids is 2. The van der Waals surface area contributed by atoms with E-state index in [1.165, 1.54) is 86.6 Å². The number of hydrogen-bond acceptors (Lipinski definition) is 7. The van der Waals surface area contributed by atoms with Crippen LogP contribution in [-0.4, -0.2) is 25.9 Å². The molecule has 0 aliphatic carbocycles. The summed E-state index contributed by atoms with van der Waals surface area (Å²) in [6.45, 7) is 2.36. The summed E-state index contributed by atoms with van der Waals surface area (Å²) in [6, 6.07) is 18.1. The molecule has 186 valence electrons. The lowest BCUT2D eigenvalue weighted by molar-refractivity contribution is -0.132. The van der Waals surface area contributed by atoms with E-state index in [1.54, 1.807) is 6.07 Å². The van der Waals surface area contributed by atoms with Gasteiger partial charge in [0.2, 0.25) is 0 Å². The van der Waals surface area contributed by atoms with Gasteiger partial charge < -0.3 is 9.47 Å². The number of ether oxygens (including phenoxy) is 2. The molecule has 0 atom stereocenters. The maximum atomic E-state index is 13.5. The normalized spacial score (nSPS) is 12.6. The summed E-state index contributed by atoms with van der Waals surface area (Å²) in [6.07, 6.45) is 0. The lowest BCUT2D eigenvalue weighted by Gasteiger charge is -2.39. The second-order valence-corrected chi connectivity index (χ2v) is 11.4. The third kappa shape index (κ3) is 5.84. The molecule has 0 saturated heterocycles. The Hall–Kier alpha value is -3.35. The standard InChI is InChI=1S/C23H19F3O7S2/c1-16(27)31-18-8-12-21(13-9-18)34(20-6-4-3-5-7-20,33-35(29,30)23(24,25)26)22-14-10-19(11-15-22)32-17(2)28/h3-15H,1-2H3. The van der Waals surface area contributed by atoms with Crippen LogP contribution in [0.25, 0.3) is 0 Å². The van der Waals surface area contributed by atoms with E-state index in [2.05, 4.69) is 0 Å². The van der Waals surface area contributed by atoms with E-state index in [0.717, 1.165) is 0 Å². The lowest BCUT2D eigenvalue weighted by Crippen LogP contribution is -2.27. The Balaban J connectivity index is 2.31. The minimum absolute atomic E-state index is 0.0765. The highest BCUT2D eigenvalue weighted by Gasteiger charge is 2.52. The topological polar surface area (TPSA) is 96.0 Å². The number of alkyl halides is 3.